The van der Waals surface area contributed by atoms with Crippen molar-refractivity contribution in [1.82, 2.24) is 45.6 Å². The molecule has 2 aliphatic heterocycles. The molecule has 22 heteroatoms. The molecule has 0 amide bonds. The fraction of sp³-hybridized carbons (Fsp3) is 0.388. The summed E-state index contributed by atoms with van der Waals surface area (Å²) in [6, 6.07) is 33.2. The zero-order valence-corrected chi connectivity index (χ0v) is 51.3. The molecule has 22 nitrogen and oxygen atoms in total. The molecule has 89 heavy (non-hydrogen) atoms. The Hall–Kier alpha value is -8.93. The summed E-state index contributed by atoms with van der Waals surface area (Å²) in [4.78, 5) is 22.7. The van der Waals surface area contributed by atoms with Crippen LogP contribution in [0, 0.1) is 0 Å². The number of fused-ring (bicyclic) bond motifs is 2. The lowest BCUT2D eigenvalue weighted by molar-refractivity contribution is 0.174. The molecule has 12 rings (SSSR count). The summed E-state index contributed by atoms with van der Waals surface area (Å²) in [5.74, 6) is 6.99. The first kappa shape index (κ1) is 63.1. The van der Waals surface area contributed by atoms with Crippen molar-refractivity contribution in [3.05, 3.63) is 132 Å². The third kappa shape index (κ3) is 15.3. The van der Waals surface area contributed by atoms with Crippen molar-refractivity contribution < 1.29 is 57.3 Å². The maximum atomic E-state index is 9.71. The van der Waals surface area contributed by atoms with Gasteiger partial charge in [-0.3, -0.25) is 9.88 Å². The van der Waals surface area contributed by atoms with E-state index >= 15 is 0 Å². The monoisotopic (exact) mass is 1210 g/mol. The second kappa shape index (κ2) is 30.8. The van der Waals surface area contributed by atoms with E-state index in [1.54, 1.807) is 6.20 Å². The molecule has 4 aromatic heterocycles. The van der Waals surface area contributed by atoms with Crippen LogP contribution in [0.25, 0.3) is 68.5 Å². The van der Waals surface area contributed by atoms with E-state index in [4.69, 9.17) is 47.1 Å². The molecule has 3 aliphatic rings. The van der Waals surface area contributed by atoms with Gasteiger partial charge in [-0.25, -0.2) is 0 Å². The number of aromatic nitrogens is 7. The molecule has 4 N–H and O–H groups in total. The van der Waals surface area contributed by atoms with E-state index in [0.717, 1.165) is 83.5 Å². The van der Waals surface area contributed by atoms with Crippen LogP contribution >= 0.6 is 0 Å². The van der Waals surface area contributed by atoms with Gasteiger partial charge in [0.25, 0.3) is 17.7 Å². The Balaban J connectivity index is 0.000000147. The lowest BCUT2D eigenvalue weighted by atomic mass is 10.0. The number of aliphatic hydroxyl groups excluding tert-OH is 3. The smallest absolute Gasteiger partial charge is 0.258 e. The Labute approximate surface area is 517 Å². The summed E-state index contributed by atoms with van der Waals surface area (Å²) in [5, 5.41) is 44.1. The first-order chi connectivity index (χ1) is 43.6. The van der Waals surface area contributed by atoms with Crippen molar-refractivity contribution in [2.24, 2.45) is 0 Å². The van der Waals surface area contributed by atoms with E-state index < -0.39 is 0 Å². The van der Waals surface area contributed by atoms with Crippen LogP contribution in [0.1, 0.15) is 82.8 Å². The largest absolute Gasteiger partial charge is 0.490 e. The number of likely N-dealkylation sites (tertiary alicyclic amines) is 1. The van der Waals surface area contributed by atoms with Gasteiger partial charge in [-0.2, -0.15) is 15.0 Å². The van der Waals surface area contributed by atoms with Gasteiger partial charge in [-0.15, -0.1) is 0 Å². The van der Waals surface area contributed by atoms with E-state index in [1.807, 2.05) is 133 Å². The minimum Gasteiger partial charge on any atom is -0.490 e. The molecule has 1 fully saturated rings. The van der Waals surface area contributed by atoms with Crippen LogP contribution in [0.3, 0.4) is 0 Å². The molecule has 1 unspecified atom stereocenters. The van der Waals surface area contributed by atoms with E-state index in [0.29, 0.717) is 135 Å². The Morgan fingerprint density at radius 1 is 0.528 bits per heavy atom. The molecule has 0 bridgehead atoms. The number of nitrogens with zero attached hydrogens (tertiary/aromatic N) is 9. The van der Waals surface area contributed by atoms with Crippen LogP contribution in [0.5, 0.6) is 34.5 Å². The predicted octanol–water partition coefficient (Wildman–Crippen LogP) is 10.5. The third-order valence-corrected chi connectivity index (χ3v) is 15.1. The van der Waals surface area contributed by atoms with Gasteiger partial charge in [0.1, 0.15) is 0 Å². The Morgan fingerprint density at radius 3 is 1.56 bits per heavy atom. The molecular formula is C67H78N10O12. The number of hydrogen-bond donors (Lipinski definition) is 4. The number of rotatable bonds is 25. The van der Waals surface area contributed by atoms with Crippen LogP contribution < -0.4 is 38.6 Å². The van der Waals surface area contributed by atoms with Crippen LogP contribution in [0.2, 0.25) is 0 Å². The van der Waals surface area contributed by atoms with Gasteiger partial charge in [0.2, 0.25) is 17.5 Å². The van der Waals surface area contributed by atoms with Crippen LogP contribution in [0.4, 0.5) is 5.69 Å². The number of pyridine rings is 1. The first-order valence-electron chi connectivity index (χ1n) is 30.7. The Kier molecular flexibility index (Phi) is 21.8. The number of aliphatic hydroxyl groups is 3. The van der Waals surface area contributed by atoms with Gasteiger partial charge >= 0.3 is 0 Å². The van der Waals surface area contributed by atoms with Crippen LogP contribution in [-0.2, 0) is 19.4 Å². The topological polar surface area (TPSA) is 264 Å². The van der Waals surface area contributed by atoms with Crippen LogP contribution in [0.15, 0.2) is 123 Å². The van der Waals surface area contributed by atoms with Crippen molar-refractivity contribution in [3.63, 3.8) is 0 Å². The highest BCUT2D eigenvalue weighted by atomic mass is 16.5. The summed E-state index contributed by atoms with van der Waals surface area (Å²) >= 11 is 0. The molecular weight excluding hydrogens is 1140 g/mol. The van der Waals surface area contributed by atoms with Gasteiger partial charge < -0.3 is 67.5 Å². The SMILES string of the molecule is CCOc1ccc(-c2nc(-c3cccc4c3CCC4NCCO)no2)cc1OCC.CCOc1ccc(-c2nc(-c3cccc4c3CCN4CCO)no2)cc1OCC.CCOc1ccc(-c2nc(-c3ccnc(CN4CC[C@@H](O)C4)c3)no2)cc1OCC. The lowest BCUT2D eigenvalue weighted by Crippen LogP contribution is -2.23. The van der Waals surface area contributed by atoms with Crippen molar-refractivity contribution in [2.45, 2.75) is 85.9 Å². The fourth-order valence-corrected chi connectivity index (χ4v) is 11.2. The molecule has 6 heterocycles. The Bertz CT molecular complexity index is 3740. The van der Waals surface area contributed by atoms with Crippen molar-refractivity contribution in [2.75, 3.05) is 90.5 Å². The molecule has 1 saturated heterocycles. The van der Waals surface area contributed by atoms with E-state index in [2.05, 4.69) is 62.7 Å². The van der Waals surface area contributed by atoms with E-state index in [-0.39, 0.29) is 25.4 Å². The van der Waals surface area contributed by atoms with Gasteiger partial charge in [0.15, 0.2) is 34.5 Å². The highest BCUT2D eigenvalue weighted by molar-refractivity contribution is 5.74. The van der Waals surface area contributed by atoms with Crippen molar-refractivity contribution >= 4 is 5.69 Å². The maximum absolute atomic E-state index is 9.71. The number of β-amino-alcohol motifs (C(OH)–C–C–N with tert-alkyl or cyclic N) is 2. The van der Waals surface area contributed by atoms with Crippen LogP contribution in [-0.4, -0.2) is 147 Å². The van der Waals surface area contributed by atoms with Gasteiger partial charge in [0.05, 0.1) is 64.7 Å². The molecule has 1 aliphatic carbocycles. The Morgan fingerprint density at radius 2 is 1.04 bits per heavy atom. The van der Waals surface area contributed by atoms with Gasteiger partial charge in [-0.05, 0) is 157 Å². The summed E-state index contributed by atoms with van der Waals surface area (Å²) < 4.78 is 50.6. The maximum Gasteiger partial charge on any atom is 0.258 e. The molecule has 468 valence electrons. The second-order valence-corrected chi connectivity index (χ2v) is 21.0. The average Bonchev–Trinajstić information content (AvgIpc) is 2.09. The summed E-state index contributed by atoms with van der Waals surface area (Å²) in [6.07, 6.45) is 5.14. The molecule has 0 spiro atoms. The van der Waals surface area contributed by atoms with Gasteiger partial charge in [-0.1, -0.05) is 45.8 Å². The zero-order chi connectivity index (χ0) is 62.1. The molecule has 9 aromatic rings. The minimum atomic E-state index is -0.247. The van der Waals surface area contributed by atoms with Gasteiger partial charge in [0, 0.05) is 90.6 Å². The number of ether oxygens (including phenoxy) is 6. The summed E-state index contributed by atoms with van der Waals surface area (Å²) in [5.41, 5.74) is 10.8. The highest BCUT2D eigenvalue weighted by Gasteiger charge is 2.28. The standard InChI is InChI=1S/C23H27N3O4.C22H26N4O4.C22H25N3O4/c1-3-28-20-11-8-15(14-21(20)29-4-2)23-25-22(26-30-23)18-7-5-6-17-16(18)9-10-19(17)24-12-13-27;1-3-28-19-6-5-16(12-20(19)29-4-2)22-24-21(25-30-22)15-7-9-23-17(11-15)13-26-10-8-18(27)14-26;1-3-27-19-9-8-15(14-20(19)28-4-2)22-23-21(24-29-22)17-6-5-7-18-16(17)10-11-25(18)12-13-26/h5-8,11,14,19,24,27H,3-4,9-10,12-13H2,1-2H3;5-7,9,11-12,18,27H,3-4,8,10,13-14H2,1-2H3;5-9,14,26H,3-4,10-13H2,1-2H3/t;18-;/m.1./s1. The molecule has 5 aromatic carbocycles. The average molecular weight is 1220 g/mol. The quantitative estimate of drug-likeness (QED) is 0.0414. The minimum absolute atomic E-state index is 0.131. The number of nitrogens with one attached hydrogen (secondary N) is 1. The summed E-state index contributed by atoms with van der Waals surface area (Å²) in [6.45, 7) is 19.5. The fourth-order valence-electron chi connectivity index (χ4n) is 11.2. The number of benzene rings is 5. The molecule has 0 saturated carbocycles. The lowest BCUT2D eigenvalue weighted by Gasteiger charge is -2.17. The number of hydrogen-bond acceptors (Lipinski definition) is 22. The third-order valence-electron chi connectivity index (χ3n) is 15.1. The van der Waals surface area contributed by atoms with Crippen molar-refractivity contribution in [3.8, 4) is 103 Å². The van der Waals surface area contributed by atoms with Crippen molar-refractivity contribution in [1.29, 1.82) is 0 Å². The highest BCUT2D eigenvalue weighted by Crippen LogP contribution is 2.41. The van der Waals surface area contributed by atoms with E-state index in [9.17, 15) is 10.2 Å². The molecule has 0 radical (unpaired) electrons. The number of anilines is 1. The summed E-state index contributed by atoms with van der Waals surface area (Å²) in [7, 11) is 0. The first-order valence-corrected chi connectivity index (χ1v) is 30.7. The normalized spacial score (nSPS) is 15.0. The predicted molar refractivity (Wildman–Crippen MR) is 335 cm³/mol. The van der Waals surface area contributed by atoms with E-state index in [1.165, 1.54) is 16.7 Å². The zero-order valence-electron chi connectivity index (χ0n) is 51.3. The molecule has 2 atom stereocenters. The second-order valence-electron chi connectivity index (χ2n) is 21.0.